The predicted molar refractivity (Wildman–Crippen MR) is 87.9 cm³/mol. The fraction of sp³-hybridized carbons (Fsp3) is 0.667. The Morgan fingerprint density at radius 1 is 1.09 bits per heavy atom. The topological polar surface area (TPSA) is 35.9 Å². The maximum absolute atomic E-state index is 10.5. The Labute approximate surface area is 133 Å². The van der Waals surface area contributed by atoms with E-state index in [0.29, 0.717) is 6.04 Å². The van der Waals surface area contributed by atoms with Crippen LogP contribution in [-0.2, 0) is 4.74 Å². The molecule has 22 heavy (non-hydrogen) atoms. The van der Waals surface area contributed by atoms with Gasteiger partial charge in [0, 0.05) is 32.2 Å². The van der Waals surface area contributed by atoms with Gasteiger partial charge in [-0.15, -0.1) is 0 Å². The summed E-state index contributed by atoms with van der Waals surface area (Å²) >= 11 is 0. The van der Waals surface area contributed by atoms with Crippen LogP contribution in [0.4, 0.5) is 0 Å². The van der Waals surface area contributed by atoms with Crippen LogP contribution in [0.2, 0.25) is 0 Å². The number of morpholine rings is 1. The largest absolute Gasteiger partial charge is 0.387 e. The van der Waals surface area contributed by atoms with Gasteiger partial charge in [0.25, 0.3) is 0 Å². The zero-order chi connectivity index (χ0) is 15.2. The molecule has 2 aliphatic rings. The van der Waals surface area contributed by atoms with E-state index in [1.165, 1.54) is 19.3 Å². The molecule has 2 fully saturated rings. The second kappa shape index (κ2) is 8.06. The standard InChI is InChI=1S/C18H28N2O2/c21-18(16-6-2-1-3-7-16)15-20-9-5-4-8-17(20)14-19-10-12-22-13-11-19/h1-3,6-7,17-18,21H,4-5,8-15H2/t17-,18-/m0/s1. The number of likely N-dealkylation sites (tertiary alicyclic amines) is 1. The van der Waals surface area contributed by atoms with E-state index in [4.69, 9.17) is 4.74 Å². The molecule has 122 valence electrons. The summed E-state index contributed by atoms with van der Waals surface area (Å²) in [6.07, 6.45) is 3.43. The van der Waals surface area contributed by atoms with Gasteiger partial charge in [-0.25, -0.2) is 0 Å². The number of hydrogen-bond donors (Lipinski definition) is 1. The van der Waals surface area contributed by atoms with Crippen LogP contribution in [-0.4, -0.2) is 66.9 Å². The van der Waals surface area contributed by atoms with E-state index in [1.54, 1.807) is 0 Å². The number of aliphatic hydroxyl groups excluding tert-OH is 1. The molecule has 0 saturated carbocycles. The van der Waals surface area contributed by atoms with Gasteiger partial charge in [0.2, 0.25) is 0 Å². The Kier molecular flexibility index (Phi) is 5.84. The second-order valence-electron chi connectivity index (χ2n) is 6.48. The summed E-state index contributed by atoms with van der Waals surface area (Å²) in [5, 5.41) is 10.5. The highest BCUT2D eigenvalue weighted by molar-refractivity contribution is 5.17. The molecule has 2 saturated heterocycles. The number of benzene rings is 1. The summed E-state index contributed by atoms with van der Waals surface area (Å²) in [5.74, 6) is 0. The fourth-order valence-corrected chi connectivity index (χ4v) is 3.59. The molecule has 2 heterocycles. The molecule has 1 N–H and O–H groups in total. The number of piperidine rings is 1. The lowest BCUT2D eigenvalue weighted by Crippen LogP contribution is -2.50. The Bertz CT molecular complexity index is 434. The van der Waals surface area contributed by atoms with Crippen molar-refractivity contribution in [1.29, 1.82) is 0 Å². The van der Waals surface area contributed by atoms with Crippen molar-refractivity contribution >= 4 is 0 Å². The van der Waals surface area contributed by atoms with E-state index in [1.807, 2.05) is 30.3 Å². The third kappa shape index (κ3) is 4.29. The summed E-state index contributed by atoms with van der Waals surface area (Å²) < 4.78 is 5.44. The third-order valence-electron chi connectivity index (χ3n) is 4.91. The van der Waals surface area contributed by atoms with E-state index in [9.17, 15) is 5.11 Å². The molecule has 1 aromatic rings. The predicted octanol–water partition coefficient (Wildman–Crippen LogP) is 1.91. The van der Waals surface area contributed by atoms with Gasteiger partial charge in [0.15, 0.2) is 0 Å². The Morgan fingerprint density at radius 3 is 2.64 bits per heavy atom. The van der Waals surface area contributed by atoms with E-state index >= 15 is 0 Å². The van der Waals surface area contributed by atoms with Crippen molar-refractivity contribution in [2.45, 2.75) is 31.4 Å². The number of ether oxygens (including phenoxy) is 1. The minimum atomic E-state index is -0.383. The third-order valence-corrected chi connectivity index (χ3v) is 4.91. The molecule has 2 atom stereocenters. The summed E-state index contributed by atoms with van der Waals surface area (Å²) in [6, 6.07) is 10.6. The zero-order valence-electron chi connectivity index (χ0n) is 13.4. The molecule has 0 unspecified atom stereocenters. The van der Waals surface area contributed by atoms with Crippen LogP contribution < -0.4 is 0 Å². The summed E-state index contributed by atoms with van der Waals surface area (Å²) in [5.41, 5.74) is 1.03. The van der Waals surface area contributed by atoms with Crippen molar-refractivity contribution in [3.8, 4) is 0 Å². The molecular weight excluding hydrogens is 276 g/mol. The summed E-state index contributed by atoms with van der Waals surface area (Å²) in [7, 11) is 0. The van der Waals surface area contributed by atoms with Crippen molar-refractivity contribution < 1.29 is 9.84 Å². The molecule has 0 aliphatic carbocycles. The Morgan fingerprint density at radius 2 is 1.86 bits per heavy atom. The summed E-state index contributed by atoms with van der Waals surface area (Å²) in [6.45, 7) is 6.79. The lowest BCUT2D eigenvalue weighted by atomic mass is 9.99. The highest BCUT2D eigenvalue weighted by Crippen LogP contribution is 2.22. The highest BCUT2D eigenvalue weighted by atomic mass is 16.5. The van der Waals surface area contributed by atoms with Crippen molar-refractivity contribution in [3.05, 3.63) is 35.9 Å². The van der Waals surface area contributed by atoms with Crippen LogP contribution in [0.3, 0.4) is 0 Å². The van der Waals surface area contributed by atoms with Gasteiger partial charge in [-0.2, -0.15) is 0 Å². The van der Waals surface area contributed by atoms with E-state index in [2.05, 4.69) is 9.80 Å². The first-order valence-corrected chi connectivity index (χ1v) is 8.60. The minimum absolute atomic E-state index is 0.383. The molecule has 3 rings (SSSR count). The van der Waals surface area contributed by atoms with Crippen LogP contribution in [0.1, 0.15) is 30.9 Å². The zero-order valence-corrected chi connectivity index (χ0v) is 13.4. The van der Waals surface area contributed by atoms with Gasteiger partial charge in [-0.3, -0.25) is 9.80 Å². The molecule has 4 heteroatoms. The Balaban J connectivity index is 1.57. The Hall–Kier alpha value is -0.940. The fourth-order valence-electron chi connectivity index (χ4n) is 3.59. The van der Waals surface area contributed by atoms with Gasteiger partial charge in [0.1, 0.15) is 0 Å². The van der Waals surface area contributed by atoms with Crippen LogP contribution >= 0.6 is 0 Å². The average molecular weight is 304 g/mol. The number of β-amino-alcohol motifs (C(OH)–C–C–N with tert-alkyl or cyclic N) is 1. The lowest BCUT2D eigenvalue weighted by Gasteiger charge is -2.40. The average Bonchev–Trinajstić information content (AvgIpc) is 2.58. The van der Waals surface area contributed by atoms with Gasteiger partial charge >= 0.3 is 0 Å². The molecular formula is C18H28N2O2. The molecule has 0 aromatic heterocycles. The first-order chi connectivity index (χ1) is 10.8. The van der Waals surface area contributed by atoms with Crippen LogP contribution in [0.5, 0.6) is 0 Å². The first-order valence-electron chi connectivity index (χ1n) is 8.60. The molecule has 0 amide bonds. The van der Waals surface area contributed by atoms with E-state index in [0.717, 1.165) is 51.5 Å². The number of aliphatic hydroxyl groups is 1. The molecule has 4 nitrogen and oxygen atoms in total. The van der Waals surface area contributed by atoms with Crippen molar-refractivity contribution in [2.24, 2.45) is 0 Å². The number of nitrogens with zero attached hydrogens (tertiary/aromatic N) is 2. The van der Waals surface area contributed by atoms with Crippen molar-refractivity contribution in [3.63, 3.8) is 0 Å². The normalized spacial score (nSPS) is 26.0. The van der Waals surface area contributed by atoms with Gasteiger partial charge < -0.3 is 9.84 Å². The monoisotopic (exact) mass is 304 g/mol. The maximum atomic E-state index is 10.5. The smallest absolute Gasteiger partial charge is 0.0917 e. The highest BCUT2D eigenvalue weighted by Gasteiger charge is 2.27. The quantitative estimate of drug-likeness (QED) is 0.901. The molecule has 2 aliphatic heterocycles. The maximum Gasteiger partial charge on any atom is 0.0917 e. The molecule has 0 radical (unpaired) electrons. The lowest BCUT2D eigenvalue weighted by molar-refractivity contribution is 0.00673. The van der Waals surface area contributed by atoms with Crippen molar-refractivity contribution in [1.82, 2.24) is 9.80 Å². The van der Waals surface area contributed by atoms with Gasteiger partial charge in [0.05, 0.1) is 19.3 Å². The van der Waals surface area contributed by atoms with Crippen LogP contribution in [0.25, 0.3) is 0 Å². The van der Waals surface area contributed by atoms with Gasteiger partial charge in [-0.1, -0.05) is 36.8 Å². The molecule has 0 spiro atoms. The van der Waals surface area contributed by atoms with Gasteiger partial charge in [-0.05, 0) is 24.9 Å². The van der Waals surface area contributed by atoms with Crippen LogP contribution in [0.15, 0.2) is 30.3 Å². The SMILES string of the molecule is O[C@@H](CN1CCCC[C@H]1CN1CCOCC1)c1ccccc1. The summed E-state index contributed by atoms with van der Waals surface area (Å²) in [4.78, 5) is 5.01. The van der Waals surface area contributed by atoms with E-state index in [-0.39, 0.29) is 6.10 Å². The number of hydrogen-bond acceptors (Lipinski definition) is 4. The minimum Gasteiger partial charge on any atom is -0.387 e. The van der Waals surface area contributed by atoms with Crippen molar-refractivity contribution in [2.75, 3.05) is 45.9 Å². The van der Waals surface area contributed by atoms with Crippen LogP contribution in [0, 0.1) is 0 Å². The van der Waals surface area contributed by atoms with E-state index < -0.39 is 0 Å². The second-order valence-corrected chi connectivity index (χ2v) is 6.48. The number of rotatable bonds is 5. The molecule has 1 aromatic carbocycles. The molecule has 0 bridgehead atoms. The first kappa shape index (κ1) is 15.9.